The third kappa shape index (κ3) is 8.14. The van der Waals surface area contributed by atoms with Crippen LogP contribution in [0.2, 0.25) is 19.6 Å². The van der Waals surface area contributed by atoms with E-state index in [9.17, 15) is 4.79 Å². The quantitative estimate of drug-likeness (QED) is 0.0734. The van der Waals surface area contributed by atoms with E-state index >= 15 is 0 Å². The zero-order valence-electron chi connectivity index (χ0n) is 33.7. The first-order valence-corrected chi connectivity index (χ1v) is 22.4. The van der Waals surface area contributed by atoms with Gasteiger partial charge in [0, 0.05) is 43.1 Å². The Morgan fingerprint density at radius 1 is 0.860 bits per heavy atom. The number of furan rings is 1. The van der Waals surface area contributed by atoms with Gasteiger partial charge in [-0.1, -0.05) is 107 Å². The predicted molar refractivity (Wildman–Crippen MR) is 228 cm³/mol. The van der Waals surface area contributed by atoms with Crippen LogP contribution >= 0.6 is 0 Å². The molecule has 0 saturated heterocycles. The fourth-order valence-corrected chi connectivity index (χ4v) is 8.24. The molecule has 4 aromatic heterocycles. The summed E-state index contributed by atoms with van der Waals surface area (Å²) in [5, 5.41) is 11.8. The number of hydrogen-bond acceptors (Lipinski definition) is 7. The van der Waals surface area contributed by atoms with Gasteiger partial charge in [0.05, 0.1) is 36.2 Å². The van der Waals surface area contributed by atoms with Crippen LogP contribution < -0.4 is 5.19 Å². The number of benzene rings is 4. The Hall–Kier alpha value is -5.25. The second-order valence-corrected chi connectivity index (χ2v) is 20.9. The van der Waals surface area contributed by atoms with Gasteiger partial charge in [-0.3, -0.25) is 14.8 Å². The first-order valence-electron chi connectivity index (χ1n) is 18.9. The Balaban J connectivity index is 0.000000223. The summed E-state index contributed by atoms with van der Waals surface area (Å²) in [6, 6.07) is 36.3. The number of aryl methyl sites for hydroxylation is 2. The second-order valence-electron chi connectivity index (χ2n) is 15.8. The monoisotopic (exact) mass is 951 g/mol. The van der Waals surface area contributed by atoms with Crippen molar-refractivity contribution in [2.45, 2.75) is 73.0 Å². The molecule has 0 saturated carbocycles. The van der Waals surface area contributed by atoms with E-state index in [1.165, 1.54) is 28.1 Å². The molecule has 1 N–H and O–H groups in total. The molecule has 0 atom stereocenters. The van der Waals surface area contributed by atoms with Crippen LogP contribution in [0, 0.1) is 26.0 Å². The Morgan fingerprint density at radius 3 is 2.19 bits per heavy atom. The van der Waals surface area contributed by atoms with E-state index in [-0.39, 0.29) is 25.7 Å². The summed E-state index contributed by atoms with van der Waals surface area (Å²) in [6.07, 6.45) is 1.91. The van der Waals surface area contributed by atoms with Crippen molar-refractivity contribution in [1.29, 1.82) is 0 Å². The number of hydrogen-bond donors (Lipinski definition) is 1. The number of fused-ring (bicyclic) bond motifs is 4. The normalized spacial score (nSPS) is 11.6. The molecule has 4 heterocycles. The summed E-state index contributed by atoms with van der Waals surface area (Å²) in [5.41, 5.74) is 12.1. The van der Waals surface area contributed by atoms with Crippen molar-refractivity contribution in [3.63, 3.8) is 0 Å². The van der Waals surface area contributed by atoms with Crippen molar-refractivity contribution in [3.8, 4) is 28.3 Å². The Morgan fingerprint density at radius 2 is 1.58 bits per heavy atom. The molecule has 4 aromatic carbocycles. The Labute approximate surface area is 348 Å². The maximum absolute atomic E-state index is 11.1. The second kappa shape index (κ2) is 16.7. The Bertz CT molecular complexity index is 2680. The fourth-order valence-electron chi connectivity index (χ4n) is 7.21. The van der Waals surface area contributed by atoms with E-state index in [2.05, 4.69) is 129 Å². The first-order chi connectivity index (χ1) is 26.8. The van der Waals surface area contributed by atoms with E-state index in [1.807, 2.05) is 37.4 Å². The molecular formula is C47H46IrN4O4Si-2. The van der Waals surface area contributed by atoms with E-state index in [0.29, 0.717) is 11.8 Å². The number of pyridine rings is 2. The van der Waals surface area contributed by atoms with Gasteiger partial charge in [-0.15, -0.1) is 48.0 Å². The fraction of sp³-hybridized carbons (Fsp3) is 0.234. The molecule has 293 valence electrons. The van der Waals surface area contributed by atoms with Gasteiger partial charge in [0.1, 0.15) is 5.58 Å². The minimum atomic E-state index is -1.35. The summed E-state index contributed by atoms with van der Waals surface area (Å²) in [6.45, 7) is 19.9. The molecule has 0 aliphatic heterocycles. The molecule has 0 fully saturated rings. The number of para-hydroxylation sites is 2. The van der Waals surface area contributed by atoms with Crippen molar-refractivity contribution in [3.05, 3.63) is 137 Å². The summed E-state index contributed by atoms with van der Waals surface area (Å²) < 4.78 is 8.75. The molecule has 8 nitrogen and oxygen atoms in total. The van der Waals surface area contributed by atoms with E-state index in [0.717, 1.165) is 67.0 Å². The van der Waals surface area contributed by atoms with Crippen LogP contribution in [0.1, 0.15) is 72.4 Å². The van der Waals surface area contributed by atoms with Gasteiger partial charge < -0.3 is 18.9 Å². The smallest absolute Gasteiger partial charge is 0.333 e. The average Bonchev–Trinajstić information content (AvgIpc) is 3.76. The van der Waals surface area contributed by atoms with Gasteiger partial charge in [-0.2, -0.15) is 0 Å². The van der Waals surface area contributed by atoms with Crippen LogP contribution in [0.3, 0.4) is 0 Å². The van der Waals surface area contributed by atoms with Crippen LogP contribution in [0.15, 0.2) is 102 Å². The zero-order chi connectivity index (χ0) is 39.9. The van der Waals surface area contributed by atoms with Crippen LogP contribution in [0.5, 0.6) is 0 Å². The number of imidazole rings is 1. The molecule has 0 amide bonds. The predicted octanol–water partition coefficient (Wildman–Crippen LogP) is 11.4. The van der Waals surface area contributed by atoms with E-state index in [4.69, 9.17) is 19.6 Å². The Kier molecular flexibility index (Phi) is 12.1. The van der Waals surface area contributed by atoms with Gasteiger partial charge in [0.25, 0.3) is 0 Å². The molecule has 0 aliphatic carbocycles. The summed E-state index contributed by atoms with van der Waals surface area (Å²) in [4.78, 5) is 29.3. The molecule has 8 aromatic rings. The van der Waals surface area contributed by atoms with Crippen LogP contribution in [0.25, 0.3) is 61.3 Å². The number of rotatable bonds is 7. The van der Waals surface area contributed by atoms with Crippen molar-refractivity contribution >= 4 is 52.2 Å². The van der Waals surface area contributed by atoms with E-state index < -0.39 is 14.0 Å². The number of aromatic nitrogens is 4. The molecule has 57 heavy (non-hydrogen) atoms. The zero-order valence-corrected chi connectivity index (χ0v) is 37.1. The molecule has 0 spiro atoms. The number of carbonyl (C=O) groups excluding carboxylic acids is 1. The molecule has 0 bridgehead atoms. The SMILES string of the molecule is C[Si](C)(C)c1ccc(-c2[c-]cc(C(=O)OO)cc2)nc1.Cc1cc2nc(-c3[c-]ccc4c3oc3ccccc34)n(-c3c(C(C)C)cccc3C(C)C)c2c(C)n1.[Ir]. The average molecular weight is 951 g/mol. The van der Waals surface area contributed by atoms with Crippen molar-refractivity contribution < 1.29 is 39.5 Å². The van der Waals surface area contributed by atoms with Gasteiger partial charge in [-0.25, -0.2) is 5.26 Å². The number of nitrogens with zero attached hydrogens (tertiary/aromatic N) is 4. The van der Waals surface area contributed by atoms with Gasteiger partial charge in [-0.05, 0) is 65.4 Å². The molecule has 1 radical (unpaired) electrons. The van der Waals surface area contributed by atoms with Gasteiger partial charge >= 0.3 is 5.97 Å². The van der Waals surface area contributed by atoms with Crippen LogP contribution in [-0.4, -0.2) is 38.8 Å². The van der Waals surface area contributed by atoms with Gasteiger partial charge in [0.15, 0.2) is 0 Å². The first kappa shape index (κ1) is 41.4. The third-order valence-electron chi connectivity index (χ3n) is 10.1. The van der Waals surface area contributed by atoms with Gasteiger partial charge in [0.2, 0.25) is 0 Å². The van der Waals surface area contributed by atoms with E-state index in [1.54, 1.807) is 12.1 Å². The molecular weight excluding hydrogens is 905 g/mol. The van der Waals surface area contributed by atoms with Crippen LogP contribution in [0.4, 0.5) is 0 Å². The molecule has 8 rings (SSSR count). The summed E-state index contributed by atoms with van der Waals surface area (Å²) >= 11 is 0. The van der Waals surface area contributed by atoms with Crippen molar-refractivity contribution in [2.24, 2.45) is 0 Å². The topological polar surface area (TPSA) is 103 Å². The van der Waals surface area contributed by atoms with Crippen molar-refractivity contribution in [2.75, 3.05) is 0 Å². The minimum absolute atomic E-state index is 0. The summed E-state index contributed by atoms with van der Waals surface area (Å²) in [7, 11) is -1.35. The largest absolute Gasteiger partial charge is 0.501 e. The summed E-state index contributed by atoms with van der Waals surface area (Å²) in [5.74, 6) is 0.720. The molecule has 0 aliphatic rings. The molecule has 0 unspecified atom stereocenters. The third-order valence-corrected chi connectivity index (χ3v) is 12.1. The minimum Gasteiger partial charge on any atom is -0.501 e. The van der Waals surface area contributed by atoms with Crippen LogP contribution in [-0.2, 0) is 25.0 Å². The van der Waals surface area contributed by atoms with Crippen molar-refractivity contribution in [1.82, 2.24) is 19.5 Å². The standard InChI is InChI=1S/C32H30N3O.C15H16NO3Si.Ir/c1-18(2)22-12-9-13-23(19(3)4)30(22)35-29-21(6)33-20(5)17-27(29)34-32(35)26-15-10-14-25-24-11-7-8-16-28(24)36-31(25)26;1-20(2,3)13-8-9-14(16-10-13)11-4-6-12(7-5-11)15(17)19-18;/h7-14,16-19H,1-6H3;4,6-10,18H,1-3H3;/q2*-1;. The maximum Gasteiger partial charge on any atom is 0.333 e. The number of carbonyl (C=O) groups is 1. The maximum atomic E-state index is 11.1. The molecule has 10 heteroatoms.